The molecule has 92 valence electrons. The van der Waals surface area contributed by atoms with E-state index < -0.39 is 18.7 Å². The van der Waals surface area contributed by atoms with Crippen LogP contribution in [0.1, 0.15) is 52.4 Å². The summed E-state index contributed by atoms with van der Waals surface area (Å²) in [4.78, 5) is 0. The SMILES string of the molecule is CCCCC(CC)C(O)CCC(F)(F)F. The summed E-state index contributed by atoms with van der Waals surface area (Å²) in [6.07, 6.45) is -2.43. The van der Waals surface area contributed by atoms with E-state index in [0.717, 1.165) is 25.7 Å². The van der Waals surface area contributed by atoms with Crippen LogP contribution < -0.4 is 0 Å². The fraction of sp³-hybridized carbons (Fsp3) is 1.00. The molecule has 0 rings (SSSR count). The van der Waals surface area contributed by atoms with E-state index in [2.05, 4.69) is 0 Å². The molecule has 0 fully saturated rings. The number of unbranched alkanes of at least 4 members (excludes halogenated alkanes) is 1. The van der Waals surface area contributed by atoms with Gasteiger partial charge in [0.2, 0.25) is 0 Å². The number of hydrogen-bond donors (Lipinski definition) is 1. The Morgan fingerprint density at radius 1 is 1.13 bits per heavy atom. The summed E-state index contributed by atoms with van der Waals surface area (Å²) in [5, 5.41) is 9.60. The van der Waals surface area contributed by atoms with E-state index in [-0.39, 0.29) is 12.3 Å². The molecular formula is C11H21F3O. The highest BCUT2D eigenvalue weighted by Gasteiger charge is 2.29. The van der Waals surface area contributed by atoms with Gasteiger partial charge in [0.25, 0.3) is 0 Å². The Morgan fingerprint density at radius 2 is 1.73 bits per heavy atom. The van der Waals surface area contributed by atoms with Crippen molar-refractivity contribution in [3.8, 4) is 0 Å². The van der Waals surface area contributed by atoms with E-state index in [1.165, 1.54) is 0 Å². The highest BCUT2D eigenvalue weighted by atomic mass is 19.4. The van der Waals surface area contributed by atoms with Crippen molar-refractivity contribution in [2.45, 2.75) is 64.7 Å². The van der Waals surface area contributed by atoms with E-state index in [4.69, 9.17) is 0 Å². The van der Waals surface area contributed by atoms with E-state index in [1.54, 1.807) is 0 Å². The molecule has 0 amide bonds. The Balaban J connectivity index is 3.87. The van der Waals surface area contributed by atoms with Gasteiger partial charge in [-0.1, -0.05) is 33.1 Å². The summed E-state index contributed by atoms with van der Waals surface area (Å²) in [6, 6.07) is 0. The Bertz CT molecular complexity index is 156. The van der Waals surface area contributed by atoms with E-state index >= 15 is 0 Å². The first-order chi connectivity index (χ1) is 6.90. The highest BCUT2D eigenvalue weighted by Crippen LogP contribution is 2.26. The lowest BCUT2D eigenvalue weighted by atomic mass is 9.91. The van der Waals surface area contributed by atoms with Gasteiger partial charge in [-0.15, -0.1) is 0 Å². The maximum Gasteiger partial charge on any atom is 0.389 e. The monoisotopic (exact) mass is 226 g/mol. The zero-order chi connectivity index (χ0) is 11.9. The van der Waals surface area contributed by atoms with Crippen LogP contribution in [-0.4, -0.2) is 17.4 Å². The standard InChI is InChI=1S/C11H21F3O/c1-3-5-6-9(4-2)10(15)7-8-11(12,13)14/h9-10,15H,3-8H2,1-2H3. The Labute approximate surface area is 89.7 Å². The second-order valence-electron chi connectivity index (χ2n) is 4.03. The topological polar surface area (TPSA) is 20.2 Å². The van der Waals surface area contributed by atoms with Crippen LogP contribution >= 0.6 is 0 Å². The molecule has 0 bridgehead atoms. The van der Waals surface area contributed by atoms with E-state index in [9.17, 15) is 18.3 Å². The van der Waals surface area contributed by atoms with Gasteiger partial charge >= 0.3 is 6.18 Å². The molecule has 2 unspecified atom stereocenters. The number of aliphatic hydroxyl groups is 1. The van der Waals surface area contributed by atoms with Crippen LogP contribution in [0.3, 0.4) is 0 Å². The van der Waals surface area contributed by atoms with Crippen molar-refractivity contribution in [1.82, 2.24) is 0 Å². The largest absolute Gasteiger partial charge is 0.393 e. The van der Waals surface area contributed by atoms with Crippen LogP contribution in [-0.2, 0) is 0 Å². The Hall–Kier alpha value is -0.250. The van der Waals surface area contributed by atoms with Crippen molar-refractivity contribution in [3.05, 3.63) is 0 Å². The van der Waals surface area contributed by atoms with Gasteiger partial charge in [0.1, 0.15) is 0 Å². The zero-order valence-corrected chi connectivity index (χ0v) is 9.48. The molecule has 4 heteroatoms. The summed E-state index contributed by atoms with van der Waals surface area (Å²) in [6.45, 7) is 3.95. The van der Waals surface area contributed by atoms with Gasteiger partial charge in [0.15, 0.2) is 0 Å². The second kappa shape index (κ2) is 7.09. The van der Waals surface area contributed by atoms with Gasteiger partial charge in [-0.2, -0.15) is 13.2 Å². The second-order valence-corrected chi connectivity index (χ2v) is 4.03. The van der Waals surface area contributed by atoms with Gasteiger partial charge in [-0.3, -0.25) is 0 Å². The zero-order valence-electron chi connectivity index (χ0n) is 9.48. The molecule has 15 heavy (non-hydrogen) atoms. The highest BCUT2D eigenvalue weighted by molar-refractivity contribution is 4.69. The molecule has 0 radical (unpaired) electrons. The predicted molar refractivity (Wildman–Crippen MR) is 54.6 cm³/mol. The minimum atomic E-state index is -4.15. The predicted octanol–water partition coefficient (Wildman–Crippen LogP) is 3.91. The summed E-state index contributed by atoms with van der Waals surface area (Å²) in [5.41, 5.74) is 0. The number of alkyl halides is 3. The lowest BCUT2D eigenvalue weighted by Gasteiger charge is -2.21. The van der Waals surface area contributed by atoms with Crippen molar-refractivity contribution >= 4 is 0 Å². The van der Waals surface area contributed by atoms with E-state index in [1.807, 2.05) is 13.8 Å². The maximum atomic E-state index is 11.9. The molecule has 2 atom stereocenters. The minimum absolute atomic E-state index is 0.0206. The van der Waals surface area contributed by atoms with Crippen molar-refractivity contribution in [2.75, 3.05) is 0 Å². The molecule has 0 saturated heterocycles. The fourth-order valence-corrected chi connectivity index (χ4v) is 1.68. The van der Waals surface area contributed by atoms with Crippen LogP contribution in [0.2, 0.25) is 0 Å². The van der Waals surface area contributed by atoms with Crippen LogP contribution in [0.4, 0.5) is 13.2 Å². The van der Waals surface area contributed by atoms with Gasteiger partial charge in [-0.05, 0) is 18.8 Å². The van der Waals surface area contributed by atoms with Crippen LogP contribution in [0.15, 0.2) is 0 Å². The van der Waals surface area contributed by atoms with Crippen molar-refractivity contribution in [1.29, 1.82) is 0 Å². The Morgan fingerprint density at radius 3 is 2.13 bits per heavy atom. The number of hydrogen-bond acceptors (Lipinski definition) is 1. The number of aliphatic hydroxyl groups excluding tert-OH is 1. The lowest BCUT2D eigenvalue weighted by Crippen LogP contribution is -2.22. The quantitative estimate of drug-likeness (QED) is 0.698. The van der Waals surface area contributed by atoms with Crippen LogP contribution in [0, 0.1) is 5.92 Å². The molecule has 1 nitrogen and oxygen atoms in total. The summed E-state index contributed by atoms with van der Waals surface area (Å²) in [5.74, 6) is 0.0206. The maximum absolute atomic E-state index is 11.9. The summed E-state index contributed by atoms with van der Waals surface area (Å²) in [7, 11) is 0. The van der Waals surface area contributed by atoms with Crippen LogP contribution in [0.25, 0.3) is 0 Å². The third kappa shape index (κ3) is 7.65. The first kappa shape index (κ1) is 14.8. The van der Waals surface area contributed by atoms with Crippen molar-refractivity contribution in [3.63, 3.8) is 0 Å². The number of halogens is 3. The third-order valence-corrected chi connectivity index (χ3v) is 2.72. The Kier molecular flexibility index (Phi) is 6.98. The van der Waals surface area contributed by atoms with Gasteiger partial charge in [-0.25, -0.2) is 0 Å². The minimum Gasteiger partial charge on any atom is -0.393 e. The molecule has 0 aliphatic carbocycles. The van der Waals surface area contributed by atoms with Crippen molar-refractivity contribution < 1.29 is 18.3 Å². The molecule has 0 aliphatic heterocycles. The third-order valence-electron chi connectivity index (χ3n) is 2.72. The first-order valence-electron chi connectivity index (χ1n) is 5.65. The molecule has 0 spiro atoms. The summed E-state index contributed by atoms with van der Waals surface area (Å²) < 4.78 is 35.8. The number of rotatable bonds is 7. The van der Waals surface area contributed by atoms with Gasteiger partial charge in [0.05, 0.1) is 6.10 Å². The molecule has 0 saturated carbocycles. The van der Waals surface area contributed by atoms with Crippen LogP contribution in [0.5, 0.6) is 0 Å². The molecule has 0 aliphatic rings. The fourth-order valence-electron chi connectivity index (χ4n) is 1.68. The molecule has 0 aromatic heterocycles. The van der Waals surface area contributed by atoms with Gasteiger partial charge < -0.3 is 5.11 Å². The lowest BCUT2D eigenvalue weighted by molar-refractivity contribution is -0.141. The average Bonchev–Trinajstić information content (AvgIpc) is 2.15. The normalized spacial score (nSPS) is 16.4. The van der Waals surface area contributed by atoms with E-state index in [0.29, 0.717) is 0 Å². The average molecular weight is 226 g/mol. The molecule has 0 aromatic carbocycles. The molecule has 1 N–H and O–H groups in total. The molecule has 0 aromatic rings. The molecular weight excluding hydrogens is 205 g/mol. The first-order valence-corrected chi connectivity index (χ1v) is 5.65. The summed E-state index contributed by atoms with van der Waals surface area (Å²) >= 11 is 0. The smallest absolute Gasteiger partial charge is 0.389 e. The van der Waals surface area contributed by atoms with Crippen molar-refractivity contribution in [2.24, 2.45) is 5.92 Å². The van der Waals surface area contributed by atoms with Gasteiger partial charge in [0, 0.05) is 6.42 Å². The molecule has 0 heterocycles.